The molecule has 0 radical (unpaired) electrons. The van der Waals surface area contributed by atoms with E-state index in [-0.39, 0.29) is 0 Å². The Labute approximate surface area is 69.2 Å². The summed E-state index contributed by atoms with van der Waals surface area (Å²) in [4.78, 5) is 4.50. The molecule has 1 aromatic heterocycles. The lowest BCUT2D eigenvalue weighted by Gasteiger charge is -1.88. The highest BCUT2D eigenvalue weighted by Crippen LogP contribution is 1.92. The third-order valence-electron chi connectivity index (χ3n) is 1.04. The van der Waals surface area contributed by atoms with E-state index in [2.05, 4.69) is 39.1 Å². The number of aromatic nitrogens is 1. The Balaban J connectivity index is 0.000000218. The van der Waals surface area contributed by atoms with Crippen molar-refractivity contribution in [3.63, 3.8) is 0 Å². The Morgan fingerprint density at radius 1 is 1.36 bits per heavy atom. The van der Waals surface area contributed by atoms with Crippen LogP contribution in [-0.4, -0.2) is 26.1 Å². The Morgan fingerprint density at radius 2 is 1.91 bits per heavy atom. The van der Waals surface area contributed by atoms with Crippen molar-refractivity contribution in [2.45, 2.75) is 13.3 Å². The lowest BCUT2D eigenvalue weighted by atomic mass is 10.4. The smallest absolute Gasteiger partial charge is 0.0661 e. The van der Waals surface area contributed by atoms with E-state index in [0.29, 0.717) is 0 Å². The third-order valence-corrected chi connectivity index (χ3v) is 1.04. The van der Waals surface area contributed by atoms with Gasteiger partial charge in [-0.1, -0.05) is 6.92 Å². The van der Waals surface area contributed by atoms with Gasteiger partial charge in [-0.15, -0.1) is 0 Å². The highest BCUT2D eigenvalue weighted by Gasteiger charge is 1.80. The van der Waals surface area contributed by atoms with Crippen LogP contribution < -0.4 is 4.90 Å². The molecule has 0 aliphatic carbocycles. The van der Waals surface area contributed by atoms with Gasteiger partial charge in [0.15, 0.2) is 0 Å². The molecule has 0 saturated carbocycles. The average molecular weight is 155 g/mol. The number of aromatic amines is 1. The minimum Gasteiger partial charge on any atom is -0.365 e. The quantitative estimate of drug-likeness (QED) is 0.583. The maximum atomic E-state index is 3.09. The molecule has 0 atom stereocenters. The summed E-state index contributed by atoms with van der Waals surface area (Å²) in [5, 5.41) is 0. The van der Waals surface area contributed by atoms with Gasteiger partial charge in [-0.25, -0.2) is 0 Å². The molecule has 0 aliphatic heterocycles. The van der Waals surface area contributed by atoms with Gasteiger partial charge in [0.05, 0.1) is 21.1 Å². The maximum absolute atomic E-state index is 3.09. The van der Waals surface area contributed by atoms with Gasteiger partial charge >= 0.3 is 0 Å². The van der Waals surface area contributed by atoms with E-state index in [4.69, 9.17) is 0 Å². The first-order valence-corrected chi connectivity index (χ1v) is 4.05. The minimum atomic E-state index is 1.10. The molecular formula is C9H19N2+. The summed E-state index contributed by atoms with van der Waals surface area (Å²) in [7, 11) is 6.25. The molecule has 2 heteroatoms. The zero-order valence-corrected chi connectivity index (χ0v) is 7.94. The van der Waals surface area contributed by atoms with E-state index in [1.807, 2.05) is 12.3 Å². The summed E-state index contributed by atoms with van der Waals surface area (Å²) in [6.07, 6.45) is 3.05. The topological polar surface area (TPSA) is 20.2 Å². The molecule has 2 N–H and O–H groups in total. The Morgan fingerprint density at radius 3 is 2.09 bits per heavy atom. The minimum absolute atomic E-state index is 1.10. The highest BCUT2D eigenvalue weighted by atomic mass is 15.0. The molecule has 2 nitrogen and oxygen atoms in total. The number of rotatable bonds is 1. The van der Waals surface area contributed by atoms with Crippen LogP contribution in [0.5, 0.6) is 0 Å². The van der Waals surface area contributed by atoms with Crippen LogP contribution in [0.4, 0.5) is 0 Å². The molecule has 0 aliphatic rings. The van der Waals surface area contributed by atoms with Crippen molar-refractivity contribution in [3.8, 4) is 0 Å². The largest absolute Gasteiger partial charge is 0.365 e. The van der Waals surface area contributed by atoms with Crippen LogP contribution >= 0.6 is 0 Å². The van der Waals surface area contributed by atoms with Gasteiger partial charge in [-0.2, -0.15) is 0 Å². The van der Waals surface area contributed by atoms with Gasteiger partial charge in [-0.3, -0.25) is 0 Å². The van der Waals surface area contributed by atoms with Gasteiger partial charge in [0.1, 0.15) is 0 Å². The third kappa shape index (κ3) is 7.13. The SMILES string of the molecule is CCc1ccc[nH]1.C[NH+](C)C. The predicted molar refractivity (Wildman–Crippen MR) is 48.9 cm³/mol. The van der Waals surface area contributed by atoms with Gasteiger partial charge in [-0.05, 0) is 18.6 Å². The normalized spacial score (nSPS) is 9.18. The van der Waals surface area contributed by atoms with Gasteiger partial charge in [0, 0.05) is 11.9 Å². The fourth-order valence-corrected chi connectivity index (χ4v) is 0.587. The number of H-pyrrole nitrogens is 1. The van der Waals surface area contributed by atoms with Crippen molar-refractivity contribution < 1.29 is 4.90 Å². The zero-order chi connectivity index (χ0) is 8.69. The van der Waals surface area contributed by atoms with Crippen molar-refractivity contribution in [3.05, 3.63) is 24.0 Å². The van der Waals surface area contributed by atoms with Crippen molar-refractivity contribution in [1.82, 2.24) is 4.98 Å². The summed E-state index contributed by atoms with van der Waals surface area (Å²) in [5.41, 5.74) is 1.31. The van der Waals surface area contributed by atoms with Crippen molar-refractivity contribution in [2.24, 2.45) is 0 Å². The first-order valence-electron chi connectivity index (χ1n) is 4.05. The first-order chi connectivity index (χ1) is 5.16. The number of quaternary nitrogens is 1. The number of hydrogen-bond donors (Lipinski definition) is 2. The molecule has 0 spiro atoms. The highest BCUT2D eigenvalue weighted by molar-refractivity contribution is 5.02. The molecule has 0 unspecified atom stereocenters. The predicted octanol–water partition coefficient (Wildman–Crippen LogP) is 0.338. The van der Waals surface area contributed by atoms with Crippen LogP contribution in [0.1, 0.15) is 12.6 Å². The molecular weight excluding hydrogens is 136 g/mol. The summed E-state index contributed by atoms with van der Waals surface area (Å²) < 4.78 is 0. The van der Waals surface area contributed by atoms with E-state index in [1.165, 1.54) is 10.6 Å². The van der Waals surface area contributed by atoms with Gasteiger partial charge in [0.25, 0.3) is 0 Å². The van der Waals surface area contributed by atoms with Gasteiger partial charge in [0.2, 0.25) is 0 Å². The summed E-state index contributed by atoms with van der Waals surface area (Å²) >= 11 is 0. The van der Waals surface area contributed by atoms with Crippen LogP contribution in [0.2, 0.25) is 0 Å². The van der Waals surface area contributed by atoms with Crippen molar-refractivity contribution in [1.29, 1.82) is 0 Å². The second kappa shape index (κ2) is 5.98. The number of nitrogens with one attached hydrogen (secondary N) is 2. The molecule has 1 rings (SSSR count). The Bertz CT molecular complexity index is 151. The molecule has 1 aromatic rings. The lowest BCUT2D eigenvalue weighted by molar-refractivity contribution is -0.836. The second-order valence-corrected chi connectivity index (χ2v) is 3.05. The molecule has 1 heterocycles. The lowest BCUT2D eigenvalue weighted by Crippen LogP contribution is -3.02. The average Bonchev–Trinajstić information content (AvgIpc) is 2.36. The number of hydrogen-bond acceptors (Lipinski definition) is 0. The van der Waals surface area contributed by atoms with Crippen LogP contribution in [0.15, 0.2) is 18.3 Å². The Kier molecular flexibility index (Phi) is 5.57. The van der Waals surface area contributed by atoms with Crippen LogP contribution in [-0.2, 0) is 6.42 Å². The summed E-state index contributed by atoms with van der Waals surface area (Å²) in [6.45, 7) is 2.13. The van der Waals surface area contributed by atoms with Gasteiger partial charge < -0.3 is 9.88 Å². The standard InChI is InChI=1S/C6H9N.C3H9N/c1-2-6-4-3-5-7-6;1-4(2)3/h3-5,7H,2H2,1H3;1-3H3/p+1. The monoisotopic (exact) mass is 155 g/mol. The Hall–Kier alpha value is -0.760. The van der Waals surface area contributed by atoms with E-state index < -0.39 is 0 Å². The summed E-state index contributed by atoms with van der Waals surface area (Å²) in [6, 6.07) is 4.10. The molecule has 0 amide bonds. The molecule has 0 fully saturated rings. The fourth-order valence-electron chi connectivity index (χ4n) is 0.587. The molecule has 0 aromatic carbocycles. The first kappa shape index (κ1) is 10.2. The summed E-state index contributed by atoms with van der Waals surface area (Å²) in [5.74, 6) is 0. The van der Waals surface area contributed by atoms with Crippen LogP contribution in [0.25, 0.3) is 0 Å². The molecule has 64 valence electrons. The maximum Gasteiger partial charge on any atom is 0.0661 e. The van der Waals surface area contributed by atoms with Crippen molar-refractivity contribution in [2.75, 3.05) is 21.1 Å². The fraction of sp³-hybridized carbons (Fsp3) is 0.556. The zero-order valence-electron chi connectivity index (χ0n) is 7.94. The van der Waals surface area contributed by atoms with Crippen LogP contribution in [0, 0.1) is 0 Å². The number of aryl methyl sites for hydroxylation is 1. The van der Waals surface area contributed by atoms with E-state index in [1.54, 1.807) is 0 Å². The van der Waals surface area contributed by atoms with Crippen molar-refractivity contribution >= 4 is 0 Å². The molecule has 0 saturated heterocycles. The van der Waals surface area contributed by atoms with Crippen LogP contribution in [0.3, 0.4) is 0 Å². The van der Waals surface area contributed by atoms with E-state index in [0.717, 1.165) is 6.42 Å². The second-order valence-electron chi connectivity index (χ2n) is 3.05. The molecule has 0 bridgehead atoms. The van der Waals surface area contributed by atoms with E-state index >= 15 is 0 Å². The van der Waals surface area contributed by atoms with E-state index in [9.17, 15) is 0 Å². The molecule has 11 heavy (non-hydrogen) atoms.